The van der Waals surface area contributed by atoms with Crippen LogP contribution in [-0.2, 0) is 0 Å². The smallest absolute Gasteiger partial charge is 0.270 e. The summed E-state index contributed by atoms with van der Waals surface area (Å²) in [6.45, 7) is 1.95. The van der Waals surface area contributed by atoms with Crippen molar-refractivity contribution in [1.29, 1.82) is 0 Å². The number of aromatic nitrogens is 2. The number of rotatable bonds is 4. The zero-order valence-electron chi connectivity index (χ0n) is 12.6. The maximum atomic E-state index is 12.3. The minimum Gasteiger partial charge on any atom is -0.302 e. The van der Waals surface area contributed by atoms with E-state index in [1.165, 1.54) is 24.3 Å². The fraction of sp³-hybridized carbons (Fsp3) is 0.0625. The molecule has 1 aromatic heterocycles. The molecular weight excluding hydrogens is 312 g/mol. The molecule has 0 aliphatic rings. The summed E-state index contributed by atoms with van der Waals surface area (Å²) < 4.78 is 4.71. The van der Waals surface area contributed by atoms with E-state index in [-0.39, 0.29) is 17.1 Å². The molecule has 8 nitrogen and oxygen atoms in total. The minimum atomic E-state index is -0.563. The van der Waals surface area contributed by atoms with Crippen molar-refractivity contribution in [3.05, 3.63) is 69.8 Å². The van der Waals surface area contributed by atoms with Gasteiger partial charge >= 0.3 is 0 Å². The lowest BCUT2D eigenvalue weighted by Gasteiger charge is -2.03. The van der Waals surface area contributed by atoms with E-state index in [9.17, 15) is 14.9 Å². The summed E-state index contributed by atoms with van der Waals surface area (Å²) in [6.07, 6.45) is 0. The number of amides is 1. The van der Waals surface area contributed by atoms with E-state index in [1.54, 1.807) is 0 Å². The van der Waals surface area contributed by atoms with Gasteiger partial charge in [0.2, 0.25) is 5.82 Å². The zero-order chi connectivity index (χ0) is 17.1. The van der Waals surface area contributed by atoms with Gasteiger partial charge in [0.15, 0.2) is 5.69 Å². The molecule has 0 unspecified atom stereocenters. The number of nitrogens with one attached hydrogen (secondary N) is 1. The van der Waals surface area contributed by atoms with E-state index in [0.717, 1.165) is 11.1 Å². The van der Waals surface area contributed by atoms with Crippen LogP contribution < -0.4 is 5.32 Å². The van der Waals surface area contributed by atoms with E-state index >= 15 is 0 Å². The van der Waals surface area contributed by atoms with Crippen LogP contribution in [0.3, 0.4) is 0 Å². The molecule has 0 bridgehead atoms. The Morgan fingerprint density at radius 1 is 1.17 bits per heavy atom. The molecule has 2 aromatic carbocycles. The topological polar surface area (TPSA) is 111 Å². The molecule has 0 spiro atoms. The molecule has 1 heterocycles. The number of hydrogen-bond acceptors (Lipinski definition) is 6. The minimum absolute atomic E-state index is 0.141. The van der Waals surface area contributed by atoms with E-state index in [0.29, 0.717) is 5.69 Å². The first kappa shape index (κ1) is 15.3. The van der Waals surface area contributed by atoms with E-state index in [4.69, 9.17) is 4.63 Å². The van der Waals surface area contributed by atoms with E-state index < -0.39 is 10.8 Å². The maximum Gasteiger partial charge on any atom is 0.270 e. The highest BCUT2D eigenvalue weighted by Gasteiger charge is 2.17. The van der Waals surface area contributed by atoms with E-state index in [2.05, 4.69) is 15.6 Å². The molecule has 0 fully saturated rings. The van der Waals surface area contributed by atoms with Gasteiger partial charge in [0.25, 0.3) is 11.6 Å². The number of nitrogens with zero attached hydrogens (tertiary/aromatic N) is 3. The molecule has 3 aromatic rings. The quantitative estimate of drug-likeness (QED) is 0.582. The third kappa shape index (κ3) is 3.12. The molecular formula is C16H12N4O4. The Labute approximate surface area is 136 Å². The van der Waals surface area contributed by atoms with Crippen LogP contribution in [0.4, 0.5) is 11.5 Å². The van der Waals surface area contributed by atoms with Crippen LogP contribution in [0.2, 0.25) is 0 Å². The fourth-order valence-electron chi connectivity index (χ4n) is 2.11. The third-order valence-electron chi connectivity index (χ3n) is 3.36. The van der Waals surface area contributed by atoms with Crippen LogP contribution in [0.1, 0.15) is 15.9 Å². The molecule has 3 rings (SSSR count). The van der Waals surface area contributed by atoms with Crippen molar-refractivity contribution in [1.82, 2.24) is 10.3 Å². The van der Waals surface area contributed by atoms with E-state index in [1.807, 2.05) is 31.2 Å². The molecule has 0 aliphatic heterocycles. The number of hydrogen-bond donors (Lipinski definition) is 1. The van der Waals surface area contributed by atoms with Crippen molar-refractivity contribution in [2.45, 2.75) is 6.92 Å². The normalized spacial score (nSPS) is 10.4. The summed E-state index contributed by atoms with van der Waals surface area (Å²) in [7, 11) is 0. The van der Waals surface area contributed by atoms with Crippen molar-refractivity contribution in [2.75, 3.05) is 5.32 Å². The first-order valence-electron chi connectivity index (χ1n) is 7.00. The van der Waals surface area contributed by atoms with Crippen LogP contribution in [0.15, 0.2) is 53.2 Å². The Hall–Kier alpha value is -3.55. The van der Waals surface area contributed by atoms with Crippen LogP contribution >= 0.6 is 0 Å². The number of benzene rings is 2. The van der Waals surface area contributed by atoms with Gasteiger partial charge in [-0.25, -0.2) is 4.63 Å². The van der Waals surface area contributed by atoms with Crippen molar-refractivity contribution in [3.63, 3.8) is 0 Å². The molecule has 8 heteroatoms. The van der Waals surface area contributed by atoms with Crippen LogP contribution in [-0.4, -0.2) is 21.1 Å². The Kier molecular flexibility index (Phi) is 4.02. The van der Waals surface area contributed by atoms with Crippen molar-refractivity contribution in [3.8, 4) is 11.3 Å². The zero-order valence-corrected chi connectivity index (χ0v) is 12.6. The lowest BCUT2D eigenvalue weighted by Crippen LogP contribution is -2.13. The van der Waals surface area contributed by atoms with Crippen LogP contribution in [0.25, 0.3) is 11.3 Å². The first-order chi connectivity index (χ1) is 11.5. The Morgan fingerprint density at radius 3 is 2.62 bits per heavy atom. The molecule has 1 amide bonds. The standard InChI is InChI=1S/C16H12N4O4/c1-10-5-7-11(8-6-10)14-15(19-24-18-14)17-16(21)12-3-2-4-13(9-12)20(22)23/h2-9H,1H3,(H,17,19,21). The number of non-ortho nitro benzene ring substituents is 1. The third-order valence-corrected chi connectivity index (χ3v) is 3.36. The lowest BCUT2D eigenvalue weighted by atomic mass is 10.1. The molecule has 0 radical (unpaired) electrons. The monoisotopic (exact) mass is 324 g/mol. The van der Waals surface area contributed by atoms with Crippen molar-refractivity contribution in [2.24, 2.45) is 0 Å². The van der Waals surface area contributed by atoms with Gasteiger partial charge < -0.3 is 5.32 Å². The van der Waals surface area contributed by atoms with Crippen LogP contribution in [0.5, 0.6) is 0 Å². The number of carbonyl (C=O) groups is 1. The highest BCUT2D eigenvalue weighted by Crippen LogP contribution is 2.25. The average molecular weight is 324 g/mol. The number of nitro benzene ring substituents is 1. The van der Waals surface area contributed by atoms with Crippen molar-refractivity contribution < 1.29 is 14.3 Å². The van der Waals surface area contributed by atoms with Gasteiger partial charge in [-0.2, -0.15) is 0 Å². The summed E-state index contributed by atoms with van der Waals surface area (Å²) in [5.41, 5.74) is 2.17. The molecule has 24 heavy (non-hydrogen) atoms. The number of carbonyl (C=O) groups excluding carboxylic acids is 1. The van der Waals surface area contributed by atoms with Gasteiger partial charge in [-0.15, -0.1) is 0 Å². The first-order valence-corrected chi connectivity index (χ1v) is 7.00. The summed E-state index contributed by atoms with van der Waals surface area (Å²) in [6, 6.07) is 12.9. The summed E-state index contributed by atoms with van der Waals surface area (Å²) in [5, 5.41) is 20.8. The number of aryl methyl sites for hydroxylation is 1. The number of nitro groups is 1. The molecule has 0 aliphatic carbocycles. The van der Waals surface area contributed by atoms with Gasteiger partial charge in [0.05, 0.1) is 4.92 Å². The highest BCUT2D eigenvalue weighted by molar-refractivity contribution is 6.05. The Morgan fingerprint density at radius 2 is 1.92 bits per heavy atom. The fourth-order valence-corrected chi connectivity index (χ4v) is 2.11. The second-order valence-electron chi connectivity index (χ2n) is 5.09. The van der Waals surface area contributed by atoms with Gasteiger partial charge in [-0.05, 0) is 23.3 Å². The Balaban J connectivity index is 1.86. The largest absolute Gasteiger partial charge is 0.302 e. The van der Waals surface area contributed by atoms with Gasteiger partial charge in [-0.1, -0.05) is 35.9 Å². The summed E-state index contributed by atoms with van der Waals surface area (Å²) >= 11 is 0. The molecule has 0 saturated heterocycles. The second-order valence-corrected chi connectivity index (χ2v) is 5.09. The van der Waals surface area contributed by atoms with Gasteiger partial charge in [0.1, 0.15) is 0 Å². The average Bonchev–Trinajstić information content (AvgIpc) is 3.03. The summed E-state index contributed by atoms with van der Waals surface area (Å²) in [5.74, 6) is -0.391. The Bertz CT molecular complexity index is 902. The number of anilines is 1. The summed E-state index contributed by atoms with van der Waals surface area (Å²) in [4.78, 5) is 22.5. The second kappa shape index (κ2) is 6.29. The van der Waals surface area contributed by atoms with Crippen molar-refractivity contribution >= 4 is 17.4 Å². The molecule has 0 atom stereocenters. The highest BCUT2D eigenvalue weighted by atomic mass is 16.6. The van der Waals surface area contributed by atoms with Crippen LogP contribution in [0, 0.1) is 17.0 Å². The molecule has 1 N–H and O–H groups in total. The predicted octanol–water partition coefficient (Wildman–Crippen LogP) is 3.21. The molecule has 120 valence electrons. The SMILES string of the molecule is Cc1ccc(-c2nonc2NC(=O)c2cccc([N+](=O)[O-])c2)cc1. The van der Waals surface area contributed by atoms with Gasteiger partial charge in [-0.3, -0.25) is 14.9 Å². The molecule has 0 saturated carbocycles. The predicted molar refractivity (Wildman–Crippen MR) is 85.5 cm³/mol. The lowest BCUT2D eigenvalue weighted by molar-refractivity contribution is -0.384. The van der Waals surface area contributed by atoms with Gasteiger partial charge in [0, 0.05) is 23.3 Å². The maximum absolute atomic E-state index is 12.3.